The van der Waals surface area contributed by atoms with Crippen LogP contribution in [0, 0.1) is 18.8 Å². The quantitative estimate of drug-likeness (QED) is 0.543. The van der Waals surface area contributed by atoms with E-state index in [1.54, 1.807) is 0 Å². The normalized spacial score (nSPS) is 20.3. The highest BCUT2D eigenvalue weighted by Gasteiger charge is 2.33. The van der Waals surface area contributed by atoms with Crippen LogP contribution < -0.4 is 5.32 Å². The molecular formula is C27H42N2O3. The molecule has 1 N–H and O–H groups in total. The standard InChI is InChI=1S/C27H42N2O3/c1-4-21(5-2)18-29(19-24-12-9-17-32-24)27(31)25(22-15-13-20(3)14-16-22)28-26(30)23-10-7-6-8-11-23/h13-16,21,23-25H,4-12,17-19H2,1-3H3,(H,28,30). The summed E-state index contributed by atoms with van der Waals surface area (Å²) in [7, 11) is 0. The van der Waals surface area contributed by atoms with Crippen molar-refractivity contribution in [2.45, 2.75) is 90.7 Å². The second kappa shape index (κ2) is 12.4. The molecule has 1 saturated heterocycles. The molecule has 32 heavy (non-hydrogen) atoms. The third-order valence-electron chi connectivity index (χ3n) is 7.31. The molecule has 2 atom stereocenters. The monoisotopic (exact) mass is 442 g/mol. The number of benzene rings is 1. The van der Waals surface area contributed by atoms with Gasteiger partial charge in [0.25, 0.3) is 0 Å². The second-order valence-corrected chi connectivity index (χ2v) is 9.75. The number of nitrogens with one attached hydrogen (secondary N) is 1. The van der Waals surface area contributed by atoms with Gasteiger partial charge in [0, 0.05) is 25.6 Å². The van der Waals surface area contributed by atoms with Crippen LogP contribution in [0.5, 0.6) is 0 Å². The molecule has 3 rings (SSSR count). The topological polar surface area (TPSA) is 58.6 Å². The molecule has 1 heterocycles. The first-order chi connectivity index (χ1) is 15.5. The van der Waals surface area contributed by atoms with E-state index in [4.69, 9.17) is 4.74 Å². The lowest BCUT2D eigenvalue weighted by molar-refractivity contribution is -0.139. The van der Waals surface area contributed by atoms with E-state index in [1.807, 2.05) is 36.1 Å². The maximum atomic E-state index is 14.0. The number of hydrogen-bond acceptors (Lipinski definition) is 3. The maximum absolute atomic E-state index is 14.0. The minimum atomic E-state index is -0.638. The van der Waals surface area contributed by atoms with E-state index in [2.05, 4.69) is 19.2 Å². The molecule has 2 aliphatic rings. The van der Waals surface area contributed by atoms with Crippen molar-refractivity contribution in [1.29, 1.82) is 0 Å². The molecule has 0 aromatic heterocycles. The van der Waals surface area contributed by atoms with Crippen molar-refractivity contribution in [2.75, 3.05) is 19.7 Å². The SMILES string of the molecule is CCC(CC)CN(CC1CCCO1)C(=O)C(NC(=O)C1CCCCC1)c1ccc(C)cc1. The molecule has 1 aromatic carbocycles. The maximum Gasteiger partial charge on any atom is 0.249 e. The predicted molar refractivity (Wildman–Crippen MR) is 128 cm³/mol. The van der Waals surface area contributed by atoms with Crippen LogP contribution in [0.2, 0.25) is 0 Å². The minimum Gasteiger partial charge on any atom is -0.376 e. The van der Waals surface area contributed by atoms with Crippen LogP contribution in [0.3, 0.4) is 0 Å². The van der Waals surface area contributed by atoms with Gasteiger partial charge < -0.3 is 15.0 Å². The Morgan fingerprint density at radius 1 is 1.03 bits per heavy atom. The minimum absolute atomic E-state index is 0.000382. The summed E-state index contributed by atoms with van der Waals surface area (Å²) in [4.78, 5) is 29.1. The van der Waals surface area contributed by atoms with Crippen LogP contribution in [0.4, 0.5) is 0 Å². The zero-order valence-corrected chi connectivity index (χ0v) is 20.3. The molecule has 0 bridgehead atoms. The fraction of sp³-hybridized carbons (Fsp3) is 0.704. The van der Waals surface area contributed by atoms with Crippen LogP contribution in [-0.4, -0.2) is 42.5 Å². The Balaban J connectivity index is 1.83. The summed E-state index contributed by atoms with van der Waals surface area (Å²) in [5.41, 5.74) is 2.01. The first-order valence-corrected chi connectivity index (χ1v) is 12.8. The third-order valence-corrected chi connectivity index (χ3v) is 7.31. The van der Waals surface area contributed by atoms with E-state index in [0.717, 1.165) is 69.1 Å². The van der Waals surface area contributed by atoms with E-state index in [1.165, 1.54) is 6.42 Å². The Labute approximate surface area is 194 Å². The highest BCUT2D eigenvalue weighted by Crippen LogP contribution is 2.26. The van der Waals surface area contributed by atoms with Crippen LogP contribution in [0.15, 0.2) is 24.3 Å². The van der Waals surface area contributed by atoms with Crippen molar-refractivity contribution >= 4 is 11.8 Å². The van der Waals surface area contributed by atoms with Crippen LogP contribution in [0.1, 0.15) is 88.8 Å². The second-order valence-electron chi connectivity index (χ2n) is 9.75. The summed E-state index contributed by atoms with van der Waals surface area (Å²) in [6, 6.07) is 7.38. The number of ether oxygens (including phenoxy) is 1. The van der Waals surface area contributed by atoms with Crippen LogP contribution in [0.25, 0.3) is 0 Å². The number of rotatable bonds is 10. The first-order valence-electron chi connectivity index (χ1n) is 12.8. The number of aryl methyl sites for hydroxylation is 1. The highest BCUT2D eigenvalue weighted by molar-refractivity contribution is 5.89. The summed E-state index contributed by atoms with van der Waals surface area (Å²) < 4.78 is 5.88. The van der Waals surface area contributed by atoms with Crippen molar-refractivity contribution in [1.82, 2.24) is 10.2 Å². The zero-order valence-electron chi connectivity index (χ0n) is 20.3. The van der Waals surface area contributed by atoms with Crippen molar-refractivity contribution in [3.05, 3.63) is 35.4 Å². The van der Waals surface area contributed by atoms with Crippen molar-refractivity contribution in [2.24, 2.45) is 11.8 Å². The lowest BCUT2D eigenvalue weighted by atomic mass is 9.88. The molecule has 178 valence electrons. The van der Waals surface area contributed by atoms with Gasteiger partial charge in [-0.2, -0.15) is 0 Å². The van der Waals surface area contributed by atoms with Gasteiger partial charge in [-0.3, -0.25) is 9.59 Å². The Kier molecular flexibility index (Phi) is 9.58. The van der Waals surface area contributed by atoms with E-state index < -0.39 is 6.04 Å². The average Bonchev–Trinajstić information content (AvgIpc) is 3.34. The van der Waals surface area contributed by atoms with Gasteiger partial charge >= 0.3 is 0 Å². The molecule has 5 heteroatoms. The molecule has 1 aromatic rings. The molecule has 2 unspecified atom stereocenters. The van der Waals surface area contributed by atoms with Crippen LogP contribution in [-0.2, 0) is 14.3 Å². The van der Waals surface area contributed by atoms with Gasteiger partial charge in [0.2, 0.25) is 11.8 Å². The van der Waals surface area contributed by atoms with Crippen LogP contribution >= 0.6 is 0 Å². The fourth-order valence-corrected chi connectivity index (χ4v) is 5.00. The molecular weight excluding hydrogens is 400 g/mol. The Hall–Kier alpha value is -1.88. The van der Waals surface area contributed by atoms with E-state index in [9.17, 15) is 9.59 Å². The zero-order chi connectivity index (χ0) is 22.9. The van der Waals surface area contributed by atoms with Gasteiger partial charge in [-0.15, -0.1) is 0 Å². The number of carbonyl (C=O) groups is 2. The average molecular weight is 443 g/mol. The fourth-order valence-electron chi connectivity index (χ4n) is 5.00. The molecule has 0 spiro atoms. The molecule has 0 radical (unpaired) electrons. The highest BCUT2D eigenvalue weighted by atomic mass is 16.5. The van der Waals surface area contributed by atoms with Crippen molar-refractivity contribution in [3.63, 3.8) is 0 Å². The largest absolute Gasteiger partial charge is 0.376 e. The van der Waals surface area contributed by atoms with E-state index >= 15 is 0 Å². The molecule has 2 amide bonds. The molecule has 1 saturated carbocycles. The van der Waals surface area contributed by atoms with E-state index in [-0.39, 0.29) is 23.8 Å². The van der Waals surface area contributed by atoms with Gasteiger partial charge in [0.05, 0.1) is 6.10 Å². The number of carbonyl (C=O) groups excluding carboxylic acids is 2. The summed E-state index contributed by atoms with van der Waals surface area (Å²) in [5, 5.41) is 3.17. The summed E-state index contributed by atoms with van der Waals surface area (Å²) >= 11 is 0. The Bertz CT molecular complexity index is 713. The number of hydrogen-bond donors (Lipinski definition) is 1. The Morgan fingerprint density at radius 3 is 2.31 bits per heavy atom. The summed E-state index contributed by atoms with van der Waals surface area (Å²) in [6.07, 6.45) is 9.47. The number of nitrogens with zero attached hydrogens (tertiary/aromatic N) is 1. The summed E-state index contributed by atoms with van der Waals surface area (Å²) in [5.74, 6) is 0.506. The van der Waals surface area contributed by atoms with Gasteiger partial charge in [0.1, 0.15) is 6.04 Å². The lowest BCUT2D eigenvalue weighted by Gasteiger charge is -2.33. The Morgan fingerprint density at radius 2 is 1.72 bits per heavy atom. The smallest absolute Gasteiger partial charge is 0.249 e. The lowest BCUT2D eigenvalue weighted by Crippen LogP contribution is -2.48. The summed E-state index contributed by atoms with van der Waals surface area (Å²) in [6.45, 7) is 8.51. The molecule has 5 nitrogen and oxygen atoms in total. The first kappa shape index (κ1) is 24.8. The van der Waals surface area contributed by atoms with Gasteiger partial charge in [-0.25, -0.2) is 0 Å². The third kappa shape index (κ3) is 6.81. The molecule has 2 fully saturated rings. The van der Waals surface area contributed by atoms with Crippen molar-refractivity contribution in [3.8, 4) is 0 Å². The molecule has 1 aliphatic carbocycles. The van der Waals surface area contributed by atoms with Gasteiger partial charge in [-0.1, -0.05) is 75.8 Å². The number of amides is 2. The van der Waals surface area contributed by atoms with Gasteiger partial charge in [-0.05, 0) is 44.1 Å². The predicted octanol–water partition coefficient (Wildman–Crippen LogP) is 5.18. The van der Waals surface area contributed by atoms with Crippen molar-refractivity contribution < 1.29 is 14.3 Å². The molecule has 1 aliphatic heterocycles. The van der Waals surface area contributed by atoms with Gasteiger partial charge in [0.15, 0.2) is 0 Å². The van der Waals surface area contributed by atoms with E-state index in [0.29, 0.717) is 19.0 Å².